The van der Waals surface area contributed by atoms with Crippen LogP contribution < -0.4 is 5.73 Å². The Morgan fingerprint density at radius 1 is 1.42 bits per heavy atom. The van der Waals surface area contributed by atoms with E-state index in [1.54, 1.807) is 0 Å². The molecule has 2 unspecified atom stereocenters. The molecule has 0 spiro atoms. The molecule has 0 radical (unpaired) electrons. The van der Waals surface area contributed by atoms with Crippen molar-refractivity contribution < 1.29 is 0 Å². The van der Waals surface area contributed by atoms with Crippen LogP contribution in [0.4, 0.5) is 0 Å². The van der Waals surface area contributed by atoms with E-state index in [9.17, 15) is 0 Å². The van der Waals surface area contributed by atoms with E-state index in [2.05, 4.69) is 57.9 Å². The predicted octanol–water partition coefficient (Wildman–Crippen LogP) is 2.47. The van der Waals surface area contributed by atoms with Gasteiger partial charge in [0.05, 0.1) is 0 Å². The summed E-state index contributed by atoms with van der Waals surface area (Å²) in [5.74, 6) is 0. The van der Waals surface area contributed by atoms with Crippen LogP contribution in [0.3, 0.4) is 0 Å². The fraction of sp³-hybridized carbons (Fsp3) is 0.600. The SMILES string of the molecule is CC1CN(CCC(N)c2cccc(Br)c2)CCN1C. The van der Waals surface area contributed by atoms with Crippen molar-refractivity contribution in [2.45, 2.75) is 25.4 Å². The number of benzene rings is 1. The third-order valence-corrected chi connectivity index (χ3v) is 4.57. The first-order valence-electron chi connectivity index (χ1n) is 7.00. The first-order chi connectivity index (χ1) is 9.06. The molecule has 1 aliphatic heterocycles. The molecule has 1 fully saturated rings. The van der Waals surface area contributed by atoms with E-state index in [0.717, 1.165) is 37.1 Å². The summed E-state index contributed by atoms with van der Waals surface area (Å²) in [6.45, 7) is 6.85. The standard InChI is InChI=1S/C15H24BrN3/c1-12-11-19(9-8-18(12)2)7-6-15(17)13-4-3-5-14(16)10-13/h3-5,10,12,15H,6-9,11,17H2,1-2H3. The molecule has 1 heterocycles. The summed E-state index contributed by atoms with van der Waals surface area (Å²) in [7, 11) is 2.20. The molecule has 106 valence electrons. The highest BCUT2D eigenvalue weighted by Gasteiger charge is 2.20. The molecular formula is C15H24BrN3. The first kappa shape index (κ1) is 15.0. The van der Waals surface area contributed by atoms with Gasteiger partial charge >= 0.3 is 0 Å². The van der Waals surface area contributed by atoms with Crippen LogP contribution in [0.1, 0.15) is 24.9 Å². The summed E-state index contributed by atoms with van der Waals surface area (Å²) in [4.78, 5) is 4.95. The molecule has 2 atom stereocenters. The minimum absolute atomic E-state index is 0.132. The van der Waals surface area contributed by atoms with Crippen LogP contribution in [0, 0.1) is 0 Å². The quantitative estimate of drug-likeness (QED) is 0.923. The summed E-state index contributed by atoms with van der Waals surface area (Å²) in [5.41, 5.74) is 7.50. The summed E-state index contributed by atoms with van der Waals surface area (Å²) >= 11 is 3.50. The Labute approximate surface area is 124 Å². The Morgan fingerprint density at radius 3 is 2.89 bits per heavy atom. The van der Waals surface area contributed by atoms with Crippen LogP contribution in [0.25, 0.3) is 0 Å². The predicted molar refractivity (Wildman–Crippen MR) is 84.2 cm³/mol. The van der Waals surface area contributed by atoms with Gasteiger partial charge in [0.25, 0.3) is 0 Å². The largest absolute Gasteiger partial charge is 0.324 e. The van der Waals surface area contributed by atoms with Crippen molar-refractivity contribution in [3.63, 3.8) is 0 Å². The van der Waals surface area contributed by atoms with Gasteiger partial charge in [-0.1, -0.05) is 28.1 Å². The van der Waals surface area contributed by atoms with Crippen molar-refractivity contribution in [2.75, 3.05) is 33.2 Å². The molecule has 0 saturated carbocycles. The zero-order chi connectivity index (χ0) is 13.8. The van der Waals surface area contributed by atoms with Gasteiger partial charge in [-0.2, -0.15) is 0 Å². The number of halogens is 1. The molecule has 0 aliphatic carbocycles. The average molecular weight is 326 g/mol. The van der Waals surface area contributed by atoms with Gasteiger partial charge in [-0.15, -0.1) is 0 Å². The van der Waals surface area contributed by atoms with Crippen LogP contribution in [0.2, 0.25) is 0 Å². The van der Waals surface area contributed by atoms with Gasteiger partial charge in [-0.3, -0.25) is 0 Å². The minimum atomic E-state index is 0.132. The van der Waals surface area contributed by atoms with Gasteiger partial charge in [0.15, 0.2) is 0 Å². The Bertz CT molecular complexity index is 410. The number of hydrogen-bond donors (Lipinski definition) is 1. The molecule has 1 aromatic rings. The van der Waals surface area contributed by atoms with Crippen LogP contribution >= 0.6 is 15.9 Å². The monoisotopic (exact) mass is 325 g/mol. The summed E-state index contributed by atoms with van der Waals surface area (Å²) in [5, 5.41) is 0. The lowest BCUT2D eigenvalue weighted by molar-refractivity contribution is 0.103. The molecule has 1 aliphatic rings. The van der Waals surface area contributed by atoms with Gasteiger partial charge in [0, 0.05) is 42.7 Å². The lowest BCUT2D eigenvalue weighted by Crippen LogP contribution is -2.50. The van der Waals surface area contributed by atoms with Crippen LogP contribution in [0.5, 0.6) is 0 Å². The van der Waals surface area contributed by atoms with Crippen LogP contribution in [-0.2, 0) is 0 Å². The second kappa shape index (κ2) is 6.84. The van der Waals surface area contributed by atoms with Gasteiger partial charge in [-0.25, -0.2) is 0 Å². The molecule has 4 heteroatoms. The maximum Gasteiger partial charge on any atom is 0.0307 e. The number of nitrogens with zero attached hydrogens (tertiary/aromatic N) is 2. The molecule has 0 bridgehead atoms. The van der Waals surface area contributed by atoms with E-state index in [0.29, 0.717) is 6.04 Å². The van der Waals surface area contributed by atoms with Crippen molar-refractivity contribution >= 4 is 15.9 Å². The molecule has 3 nitrogen and oxygen atoms in total. The Kier molecular flexibility index (Phi) is 5.39. The normalized spacial score (nSPS) is 23.5. The fourth-order valence-electron chi connectivity index (χ4n) is 2.55. The maximum absolute atomic E-state index is 6.29. The number of nitrogens with two attached hydrogens (primary N) is 1. The van der Waals surface area contributed by atoms with E-state index in [1.807, 2.05) is 6.07 Å². The molecule has 19 heavy (non-hydrogen) atoms. The molecule has 1 aromatic carbocycles. The smallest absolute Gasteiger partial charge is 0.0307 e. The average Bonchev–Trinajstić information content (AvgIpc) is 2.40. The molecule has 1 saturated heterocycles. The molecular weight excluding hydrogens is 302 g/mol. The van der Waals surface area contributed by atoms with E-state index in [1.165, 1.54) is 5.56 Å². The second-order valence-electron chi connectivity index (χ2n) is 5.58. The highest BCUT2D eigenvalue weighted by atomic mass is 79.9. The van der Waals surface area contributed by atoms with E-state index in [-0.39, 0.29) is 6.04 Å². The Morgan fingerprint density at radius 2 is 2.21 bits per heavy atom. The number of rotatable bonds is 4. The fourth-order valence-corrected chi connectivity index (χ4v) is 2.97. The Hall–Kier alpha value is -0.420. The lowest BCUT2D eigenvalue weighted by atomic mass is 10.0. The van der Waals surface area contributed by atoms with E-state index >= 15 is 0 Å². The molecule has 2 N–H and O–H groups in total. The second-order valence-corrected chi connectivity index (χ2v) is 6.50. The Balaban J connectivity index is 1.82. The number of likely N-dealkylation sites (N-methyl/N-ethyl adjacent to an activating group) is 1. The van der Waals surface area contributed by atoms with Gasteiger partial charge in [-0.05, 0) is 38.1 Å². The van der Waals surface area contributed by atoms with Crippen molar-refractivity contribution in [2.24, 2.45) is 5.73 Å². The van der Waals surface area contributed by atoms with Crippen LogP contribution in [0.15, 0.2) is 28.7 Å². The molecule has 0 amide bonds. The minimum Gasteiger partial charge on any atom is -0.324 e. The lowest BCUT2D eigenvalue weighted by Gasteiger charge is -2.38. The van der Waals surface area contributed by atoms with Gasteiger partial charge < -0.3 is 15.5 Å². The van der Waals surface area contributed by atoms with Crippen molar-refractivity contribution in [3.8, 4) is 0 Å². The molecule has 0 aromatic heterocycles. The van der Waals surface area contributed by atoms with Crippen molar-refractivity contribution in [3.05, 3.63) is 34.3 Å². The number of piperazine rings is 1. The zero-order valence-corrected chi connectivity index (χ0v) is 13.4. The third-order valence-electron chi connectivity index (χ3n) is 4.08. The van der Waals surface area contributed by atoms with Gasteiger partial charge in [0.1, 0.15) is 0 Å². The highest BCUT2D eigenvalue weighted by Crippen LogP contribution is 2.19. The first-order valence-corrected chi connectivity index (χ1v) is 7.79. The van der Waals surface area contributed by atoms with E-state index in [4.69, 9.17) is 5.73 Å². The third kappa shape index (κ3) is 4.28. The van der Waals surface area contributed by atoms with E-state index < -0.39 is 0 Å². The van der Waals surface area contributed by atoms with Crippen molar-refractivity contribution in [1.82, 2.24) is 9.80 Å². The summed E-state index contributed by atoms with van der Waals surface area (Å²) in [6, 6.07) is 9.11. The van der Waals surface area contributed by atoms with Crippen LogP contribution in [-0.4, -0.2) is 49.1 Å². The van der Waals surface area contributed by atoms with Gasteiger partial charge in [0.2, 0.25) is 0 Å². The maximum atomic E-state index is 6.29. The van der Waals surface area contributed by atoms with Crippen molar-refractivity contribution in [1.29, 1.82) is 0 Å². The highest BCUT2D eigenvalue weighted by molar-refractivity contribution is 9.10. The molecule has 2 rings (SSSR count). The summed E-state index contributed by atoms with van der Waals surface area (Å²) < 4.78 is 1.11. The topological polar surface area (TPSA) is 32.5 Å². The summed E-state index contributed by atoms with van der Waals surface area (Å²) in [6.07, 6.45) is 1.02. The number of hydrogen-bond acceptors (Lipinski definition) is 3. The zero-order valence-electron chi connectivity index (χ0n) is 11.8.